The van der Waals surface area contributed by atoms with Crippen molar-refractivity contribution in [3.05, 3.63) is 59.9 Å². The van der Waals surface area contributed by atoms with E-state index in [-0.39, 0.29) is 5.91 Å². The number of thioether (sulfide) groups is 1. The number of nitrogens with one attached hydrogen (secondary N) is 1. The molecule has 1 unspecified atom stereocenters. The summed E-state index contributed by atoms with van der Waals surface area (Å²) < 4.78 is 7.00. The zero-order chi connectivity index (χ0) is 16.2. The summed E-state index contributed by atoms with van der Waals surface area (Å²) in [4.78, 5) is 17.0. The van der Waals surface area contributed by atoms with Gasteiger partial charge in [0.25, 0.3) is 5.91 Å². The maximum atomic E-state index is 12.5. The lowest BCUT2D eigenvalue weighted by atomic mass is 10.2. The Morgan fingerprint density at radius 3 is 3.09 bits per heavy atom. The number of aromatic nitrogens is 2. The average molecular weight is 326 g/mol. The topological polar surface area (TPSA) is 83.3 Å². The van der Waals surface area contributed by atoms with E-state index >= 15 is 0 Å². The number of rotatable bonds is 5. The lowest BCUT2D eigenvalue weighted by molar-refractivity contribution is 0.0942. The molecule has 1 atom stereocenters. The van der Waals surface area contributed by atoms with E-state index in [1.165, 1.54) is 6.26 Å². The molecule has 3 aromatic rings. The van der Waals surface area contributed by atoms with Crippen molar-refractivity contribution in [2.24, 2.45) is 0 Å². The second-order valence-electron chi connectivity index (χ2n) is 4.87. The first kappa shape index (κ1) is 15.2. The lowest BCUT2D eigenvalue weighted by Crippen LogP contribution is -2.27. The van der Waals surface area contributed by atoms with Gasteiger partial charge in [-0.05, 0) is 30.5 Å². The fourth-order valence-electron chi connectivity index (χ4n) is 2.29. The quantitative estimate of drug-likeness (QED) is 0.779. The molecule has 0 radical (unpaired) electrons. The smallest absolute Gasteiger partial charge is 0.256 e. The minimum atomic E-state index is -0.835. The van der Waals surface area contributed by atoms with Crippen LogP contribution in [0.2, 0.25) is 0 Å². The first-order valence-corrected chi connectivity index (χ1v) is 8.31. The van der Waals surface area contributed by atoms with Crippen LogP contribution in [0.15, 0.2) is 47.3 Å². The Hall–Kier alpha value is -2.72. The van der Waals surface area contributed by atoms with Gasteiger partial charge in [0.2, 0.25) is 0 Å². The van der Waals surface area contributed by atoms with Gasteiger partial charge >= 0.3 is 0 Å². The van der Waals surface area contributed by atoms with Crippen LogP contribution < -0.4 is 5.32 Å². The SMILES string of the molecule is CSCc1cn2cccc(C(=O)NC(C#N)c3ccco3)c2n1. The van der Waals surface area contributed by atoms with E-state index < -0.39 is 6.04 Å². The molecule has 0 bridgehead atoms. The molecule has 3 heterocycles. The fourth-order valence-corrected chi connectivity index (χ4v) is 2.72. The second-order valence-corrected chi connectivity index (χ2v) is 5.74. The van der Waals surface area contributed by atoms with E-state index in [0.717, 1.165) is 11.4 Å². The Balaban J connectivity index is 1.90. The van der Waals surface area contributed by atoms with Crippen LogP contribution in [-0.4, -0.2) is 21.5 Å². The van der Waals surface area contributed by atoms with Crippen LogP contribution in [0.4, 0.5) is 0 Å². The molecule has 1 N–H and O–H groups in total. The monoisotopic (exact) mass is 326 g/mol. The van der Waals surface area contributed by atoms with Crippen molar-refractivity contribution >= 4 is 23.3 Å². The van der Waals surface area contributed by atoms with Crippen LogP contribution in [0.5, 0.6) is 0 Å². The number of pyridine rings is 1. The molecule has 3 aromatic heterocycles. The van der Waals surface area contributed by atoms with Gasteiger partial charge in [0, 0.05) is 18.1 Å². The van der Waals surface area contributed by atoms with Gasteiger partial charge in [0.15, 0.2) is 6.04 Å². The molecule has 116 valence electrons. The third-order valence-electron chi connectivity index (χ3n) is 3.30. The van der Waals surface area contributed by atoms with Gasteiger partial charge in [-0.3, -0.25) is 4.79 Å². The highest BCUT2D eigenvalue weighted by molar-refractivity contribution is 7.97. The van der Waals surface area contributed by atoms with Crippen molar-refractivity contribution in [3.8, 4) is 6.07 Å². The number of fused-ring (bicyclic) bond motifs is 1. The fraction of sp³-hybridized carbons (Fsp3) is 0.188. The van der Waals surface area contributed by atoms with Crippen LogP contribution in [-0.2, 0) is 5.75 Å². The standard InChI is InChI=1S/C16H14N4O2S/c1-23-10-11-9-20-6-2-4-12(15(20)18-11)16(21)19-13(8-17)14-5-3-7-22-14/h2-7,9,13H,10H2,1H3,(H,19,21). The molecule has 0 aromatic carbocycles. The van der Waals surface area contributed by atoms with E-state index in [4.69, 9.17) is 4.42 Å². The Kier molecular flexibility index (Phi) is 4.35. The van der Waals surface area contributed by atoms with Gasteiger partial charge in [-0.25, -0.2) is 4.98 Å². The predicted molar refractivity (Wildman–Crippen MR) is 86.9 cm³/mol. The summed E-state index contributed by atoms with van der Waals surface area (Å²) in [6.07, 6.45) is 7.21. The Labute approximate surface area is 137 Å². The highest BCUT2D eigenvalue weighted by Gasteiger charge is 2.20. The Morgan fingerprint density at radius 1 is 1.52 bits per heavy atom. The zero-order valence-electron chi connectivity index (χ0n) is 12.4. The number of carbonyl (C=O) groups excluding carboxylic acids is 1. The highest BCUT2D eigenvalue weighted by atomic mass is 32.2. The van der Waals surface area contributed by atoms with Gasteiger partial charge in [-0.15, -0.1) is 0 Å². The Bertz CT molecular complexity index is 864. The highest BCUT2D eigenvalue weighted by Crippen LogP contribution is 2.17. The molecule has 3 rings (SSSR count). The predicted octanol–water partition coefficient (Wildman–Crippen LogP) is 2.78. The molecule has 23 heavy (non-hydrogen) atoms. The number of carbonyl (C=O) groups is 1. The van der Waals surface area contributed by atoms with Crippen molar-refractivity contribution in [1.29, 1.82) is 5.26 Å². The van der Waals surface area contributed by atoms with Crippen molar-refractivity contribution < 1.29 is 9.21 Å². The molecule has 7 heteroatoms. The van der Waals surface area contributed by atoms with E-state index in [1.807, 2.05) is 29.1 Å². The van der Waals surface area contributed by atoms with Gasteiger partial charge in [0.1, 0.15) is 11.4 Å². The van der Waals surface area contributed by atoms with Gasteiger partial charge in [-0.2, -0.15) is 17.0 Å². The molecule has 0 aliphatic rings. The van der Waals surface area contributed by atoms with E-state index in [0.29, 0.717) is 17.0 Å². The molecule has 0 spiro atoms. The van der Waals surface area contributed by atoms with Crippen LogP contribution in [0.1, 0.15) is 27.9 Å². The third-order valence-corrected chi connectivity index (χ3v) is 3.89. The molecular weight excluding hydrogens is 312 g/mol. The summed E-state index contributed by atoms with van der Waals surface area (Å²) in [5, 5.41) is 11.9. The summed E-state index contributed by atoms with van der Waals surface area (Å²) in [7, 11) is 0. The molecule has 6 nitrogen and oxygen atoms in total. The maximum Gasteiger partial charge on any atom is 0.256 e. The summed E-state index contributed by atoms with van der Waals surface area (Å²) in [6.45, 7) is 0. The van der Waals surface area contributed by atoms with Crippen molar-refractivity contribution in [3.63, 3.8) is 0 Å². The van der Waals surface area contributed by atoms with Gasteiger partial charge in [-0.1, -0.05) is 0 Å². The normalized spacial score (nSPS) is 12.0. The molecule has 1 amide bonds. The second kappa shape index (κ2) is 6.58. The summed E-state index contributed by atoms with van der Waals surface area (Å²) in [6, 6.07) is 7.99. The minimum absolute atomic E-state index is 0.361. The summed E-state index contributed by atoms with van der Waals surface area (Å²) in [5.74, 6) is 0.815. The van der Waals surface area contributed by atoms with Gasteiger partial charge < -0.3 is 14.1 Å². The Morgan fingerprint density at radius 2 is 2.39 bits per heavy atom. The number of nitrogens with zero attached hydrogens (tertiary/aromatic N) is 3. The minimum Gasteiger partial charge on any atom is -0.466 e. The number of furan rings is 1. The maximum absolute atomic E-state index is 12.5. The summed E-state index contributed by atoms with van der Waals surface area (Å²) in [5.41, 5.74) is 1.90. The zero-order valence-corrected chi connectivity index (χ0v) is 13.2. The van der Waals surface area contributed by atoms with Crippen LogP contribution in [0, 0.1) is 11.3 Å². The van der Waals surface area contributed by atoms with Gasteiger partial charge in [0.05, 0.1) is 23.6 Å². The average Bonchev–Trinajstić information content (AvgIpc) is 3.21. The number of hydrogen-bond acceptors (Lipinski definition) is 5. The molecule has 0 aliphatic carbocycles. The number of nitriles is 1. The van der Waals surface area contributed by atoms with E-state index in [1.54, 1.807) is 36.0 Å². The van der Waals surface area contributed by atoms with Crippen LogP contribution in [0.25, 0.3) is 5.65 Å². The first-order valence-electron chi connectivity index (χ1n) is 6.92. The largest absolute Gasteiger partial charge is 0.466 e. The van der Waals surface area contributed by atoms with Crippen LogP contribution >= 0.6 is 11.8 Å². The number of imidazole rings is 1. The summed E-state index contributed by atoms with van der Waals surface area (Å²) >= 11 is 1.66. The van der Waals surface area contributed by atoms with E-state index in [9.17, 15) is 10.1 Å². The molecule has 0 fully saturated rings. The number of amides is 1. The molecule has 0 saturated carbocycles. The lowest BCUT2D eigenvalue weighted by Gasteiger charge is -2.09. The molecular formula is C16H14N4O2S. The van der Waals surface area contributed by atoms with E-state index in [2.05, 4.69) is 10.3 Å². The van der Waals surface area contributed by atoms with Crippen molar-refractivity contribution in [2.75, 3.05) is 6.26 Å². The van der Waals surface area contributed by atoms with Crippen molar-refractivity contribution in [1.82, 2.24) is 14.7 Å². The first-order chi connectivity index (χ1) is 11.2. The molecule has 0 saturated heterocycles. The van der Waals surface area contributed by atoms with Crippen LogP contribution in [0.3, 0.4) is 0 Å². The van der Waals surface area contributed by atoms with Crippen molar-refractivity contribution in [2.45, 2.75) is 11.8 Å². The third kappa shape index (κ3) is 3.07. The number of hydrogen-bond donors (Lipinski definition) is 1. The molecule has 0 aliphatic heterocycles.